The Kier molecular flexibility index (Phi) is 4.13. The van der Waals surface area contributed by atoms with E-state index >= 15 is 0 Å². The van der Waals surface area contributed by atoms with E-state index in [-0.39, 0.29) is 10.7 Å². The van der Waals surface area contributed by atoms with Crippen molar-refractivity contribution in [3.05, 3.63) is 22.7 Å². The Labute approximate surface area is 105 Å². The Morgan fingerprint density at radius 3 is 2.47 bits per heavy atom. The van der Waals surface area contributed by atoms with E-state index in [1.54, 1.807) is 0 Å². The molecule has 0 unspecified atom stereocenters. The first-order valence-corrected chi connectivity index (χ1v) is 6.65. The zero-order valence-electron chi connectivity index (χ0n) is 9.32. The Morgan fingerprint density at radius 2 is 2.06 bits per heavy atom. The van der Waals surface area contributed by atoms with Gasteiger partial charge in [0.25, 0.3) is 10.1 Å². The summed E-state index contributed by atoms with van der Waals surface area (Å²) in [4.78, 5) is 10.5. The third kappa shape index (κ3) is 3.42. The van der Waals surface area contributed by atoms with Gasteiger partial charge in [0.2, 0.25) is 5.91 Å². The molecule has 0 saturated heterocycles. The lowest BCUT2D eigenvalue weighted by atomic mass is 10.1. The van der Waals surface area contributed by atoms with Gasteiger partial charge in [0.1, 0.15) is 4.90 Å². The lowest BCUT2D eigenvalue weighted by Crippen LogP contribution is -2.11. The minimum Gasteiger partial charge on any atom is -0.325 e. The molecule has 0 aliphatic heterocycles. The summed E-state index contributed by atoms with van der Waals surface area (Å²) in [5.74, 6) is -0.431. The van der Waals surface area contributed by atoms with E-state index < -0.39 is 20.9 Å². The maximum atomic E-state index is 11.1. The van der Waals surface area contributed by atoms with Gasteiger partial charge < -0.3 is 5.32 Å². The third-order valence-electron chi connectivity index (χ3n) is 2.12. The number of hydrogen-bond acceptors (Lipinski definition) is 3. The maximum absolute atomic E-state index is 11.1. The highest BCUT2D eigenvalue weighted by Gasteiger charge is 2.18. The number of anilines is 1. The zero-order chi connectivity index (χ0) is 13.2. The topological polar surface area (TPSA) is 83.5 Å². The first-order chi connectivity index (χ1) is 7.75. The molecular weight excluding hydrogens is 266 g/mol. The van der Waals surface area contributed by atoms with Crippen LogP contribution in [0.15, 0.2) is 17.0 Å². The SMILES string of the molecule is CCc1cc(NC(C)=O)c(S(=O)(=O)O)cc1Cl. The second-order valence-corrected chi connectivity index (χ2v) is 5.25. The highest BCUT2D eigenvalue weighted by atomic mass is 35.5. The molecule has 0 atom stereocenters. The van der Waals surface area contributed by atoms with Crippen molar-refractivity contribution >= 4 is 33.3 Å². The molecule has 2 N–H and O–H groups in total. The lowest BCUT2D eigenvalue weighted by molar-refractivity contribution is -0.114. The van der Waals surface area contributed by atoms with Crippen molar-refractivity contribution in [1.82, 2.24) is 0 Å². The first-order valence-electron chi connectivity index (χ1n) is 4.83. The molecule has 5 nitrogen and oxygen atoms in total. The molecule has 0 heterocycles. The molecule has 1 rings (SSSR count). The number of rotatable bonds is 3. The van der Waals surface area contributed by atoms with Crippen LogP contribution < -0.4 is 5.32 Å². The van der Waals surface area contributed by atoms with E-state index in [0.29, 0.717) is 12.0 Å². The van der Waals surface area contributed by atoms with Gasteiger partial charge in [0.15, 0.2) is 0 Å². The highest BCUT2D eigenvalue weighted by molar-refractivity contribution is 7.86. The average Bonchev–Trinajstić information content (AvgIpc) is 2.17. The molecule has 1 aromatic rings. The van der Waals surface area contributed by atoms with E-state index in [1.165, 1.54) is 13.0 Å². The normalized spacial score (nSPS) is 11.3. The quantitative estimate of drug-likeness (QED) is 0.829. The van der Waals surface area contributed by atoms with Gasteiger partial charge in [-0.15, -0.1) is 0 Å². The van der Waals surface area contributed by atoms with E-state index in [1.807, 2.05) is 6.92 Å². The van der Waals surface area contributed by atoms with E-state index in [4.69, 9.17) is 16.2 Å². The van der Waals surface area contributed by atoms with E-state index in [9.17, 15) is 13.2 Å². The van der Waals surface area contributed by atoms with Gasteiger partial charge in [-0.1, -0.05) is 18.5 Å². The molecule has 1 amide bonds. The summed E-state index contributed by atoms with van der Waals surface area (Å²) in [7, 11) is -4.43. The summed E-state index contributed by atoms with van der Waals surface area (Å²) in [5, 5.41) is 2.58. The van der Waals surface area contributed by atoms with Crippen LogP contribution in [0.1, 0.15) is 19.4 Å². The molecule has 0 radical (unpaired) electrons. The molecule has 1 aromatic carbocycles. The molecular formula is C10H12ClNO4S. The number of hydrogen-bond donors (Lipinski definition) is 2. The second kappa shape index (κ2) is 5.03. The fourth-order valence-corrected chi connectivity index (χ4v) is 2.39. The van der Waals surface area contributed by atoms with Crippen LogP contribution in [0.5, 0.6) is 0 Å². The van der Waals surface area contributed by atoms with Gasteiger partial charge in [0, 0.05) is 11.9 Å². The smallest absolute Gasteiger partial charge is 0.296 e. The summed E-state index contributed by atoms with van der Waals surface area (Å²) < 4.78 is 31.3. The Balaban J connectivity index is 3.47. The van der Waals surface area contributed by atoms with Crippen molar-refractivity contribution in [3.8, 4) is 0 Å². The van der Waals surface area contributed by atoms with Crippen LogP contribution in [0.4, 0.5) is 5.69 Å². The van der Waals surface area contributed by atoms with Gasteiger partial charge in [0.05, 0.1) is 5.69 Å². The second-order valence-electron chi connectivity index (χ2n) is 3.45. The van der Waals surface area contributed by atoms with Crippen LogP contribution in [0.25, 0.3) is 0 Å². The maximum Gasteiger partial charge on any atom is 0.296 e. The largest absolute Gasteiger partial charge is 0.325 e. The molecule has 0 aromatic heterocycles. The standard InChI is InChI=1S/C10H12ClNO4S/c1-3-7-4-9(12-6(2)13)10(5-8(7)11)17(14,15)16/h4-5H,3H2,1-2H3,(H,12,13)(H,14,15,16). The number of nitrogens with one attached hydrogen (secondary N) is 1. The van der Waals surface area contributed by atoms with Crippen molar-refractivity contribution in [2.45, 2.75) is 25.2 Å². The number of carbonyl (C=O) groups excluding carboxylic acids is 1. The summed E-state index contributed by atoms with van der Waals surface area (Å²) in [6.45, 7) is 3.08. The molecule has 0 bridgehead atoms. The molecule has 0 saturated carbocycles. The predicted molar refractivity (Wildman–Crippen MR) is 64.9 cm³/mol. The number of carbonyl (C=O) groups is 1. The Bertz CT molecular complexity index is 554. The van der Waals surface area contributed by atoms with Crippen molar-refractivity contribution in [3.63, 3.8) is 0 Å². The van der Waals surface area contributed by atoms with Gasteiger partial charge in [-0.2, -0.15) is 8.42 Å². The van der Waals surface area contributed by atoms with E-state index in [0.717, 1.165) is 6.07 Å². The minimum atomic E-state index is -4.43. The van der Waals surface area contributed by atoms with Crippen LogP contribution >= 0.6 is 11.6 Å². The van der Waals surface area contributed by atoms with Crippen LogP contribution in [0.2, 0.25) is 5.02 Å². The van der Waals surface area contributed by atoms with Crippen LogP contribution in [0, 0.1) is 0 Å². The van der Waals surface area contributed by atoms with Crippen LogP contribution in [-0.2, 0) is 21.3 Å². The van der Waals surface area contributed by atoms with Crippen molar-refractivity contribution < 1.29 is 17.8 Å². The first kappa shape index (κ1) is 14.0. The molecule has 94 valence electrons. The summed E-state index contributed by atoms with van der Waals surface area (Å²) >= 11 is 5.86. The molecule has 0 aliphatic rings. The summed E-state index contributed by atoms with van der Waals surface area (Å²) in [5.41, 5.74) is 0.712. The predicted octanol–water partition coefficient (Wildman–Crippen LogP) is 2.11. The molecule has 0 fully saturated rings. The third-order valence-corrected chi connectivity index (χ3v) is 3.36. The highest BCUT2D eigenvalue weighted by Crippen LogP contribution is 2.29. The van der Waals surface area contributed by atoms with E-state index in [2.05, 4.69) is 5.32 Å². The number of amides is 1. The van der Waals surface area contributed by atoms with Crippen molar-refractivity contribution in [1.29, 1.82) is 0 Å². The molecule has 7 heteroatoms. The monoisotopic (exact) mass is 277 g/mol. The Morgan fingerprint density at radius 1 is 1.47 bits per heavy atom. The summed E-state index contributed by atoms with van der Waals surface area (Å²) in [6, 6.07) is 2.56. The van der Waals surface area contributed by atoms with Gasteiger partial charge in [-0.05, 0) is 24.1 Å². The molecule has 0 aliphatic carbocycles. The number of halogens is 1. The van der Waals surface area contributed by atoms with Crippen LogP contribution in [0.3, 0.4) is 0 Å². The lowest BCUT2D eigenvalue weighted by Gasteiger charge is -2.11. The van der Waals surface area contributed by atoms with Crippen molar-refractivity contribution in [2.24, 2.45) is 0 Å². The van der Waals surface area contributed by atoms with Gasteiger partial charge >= 0.3 is 0 Å². The molecule has 0 spiro atoms. The summed E-state index contributed by atoms with van der Waals surface area (Å²) in [6.07, 6.45) is 0.581. The zero-order valence-corrected chi connectivity index (χ0v) is 10.9. The minimum absolute atomic E-state index is 0.0289. The fourth-order valence-electron chi connectivity index (χ4n) is 1.37. The van der Waals surface area contributed by atoms with Gasteiger partial charge in [-0.3, -0.25) is 9.35 Å². The average molecular weight is 278 g/mol. The number of benzene rings is 1. The number of aryl methyl sites for hydroxylation is 1. The van der Waals surface area contributed by atoms with Crippen LogP contribution in [-0.4, -0.2) is 18.9 Å². The fraction of sp³-hybridized carbons (Fsp3) is 0.300. The van der Waals surface area contributed by atoms with Gasteiger partial charge in [-0.25, -0.2) is 0 Å². The Hall–Kier alpha value is -1.11. The molecule has 17 heavy (non-hydrogen) atoms. The van der Waals surface area contributed by atoms with Crippen molar-refractivity contribution in [2.75, 3.05) is 5.32 Å².